The first-order valence-electron chi connectivity index (χ1n) is 4.84. The molecule has 0 saturated heterocycles. The van der Waals surface area contributed by atoms with E-state index in [2.05, 4.69) is 20.1 Å². The van der Waals surface area contributed by atoms with Crippen LogP contribution < -0.4 is 0 Å². The fraction of sp³-hybridized carbons (Fsp3) is 0.182. The van der Waals surface area contributed by atoms with E-state index < -0.39 is 22.3 Å². The SMILES string of the molecule is Cc1c(Br)cccc1/C=C(\C=O)OS(=O)C(F)(F)F. The first kappa shape index (κ1) is 15.9. The van der Waals surface area contributed by atoms with Gasteiger partial charge in [-0.1, -0.05) is 28.1 Å². The summed E-state index contributed by atoms with van der Waals surface area (Å²) in [4.78, 5) is 10.7. The summed E-state index contributed by atoms with van der Waals surface area (Å²) in [5, 5.41) is 0. The minimum atomic E-state index is -5.03. The van der Waals surface area contributed by atoms with Crippen molar-refractivity contribution < 1.29 is 26.4 Å². The summed E-state index contributed by atoms with van der Waals surface area (Å²) in [7, 11) is 0. The number of halogens is 4. The smallest absolute Gasteiger partial charge is 0.391 e. The van der Waals surface area contributed by atoms with Crippen molar-refractivity contribution in [1.29, 1.82) is 0 Å². The average molecular weight is 357 g/mol. The van der Waals surface area contributed by atoms with Crippen LogP contribution in [0.5, 0.6) is 0 Å². The number of alkyl halides is 3. The number of benzene rings is 1. The highest BCUT2D eigenvalue weighted by Crippen LogP contribution is 2.25. The van der Waals surface area contributed by atoms with E-state index in [1.165, 1.54) is 0 Å². The third-order valence-electron chi connectivity index (χ3n) is 2.08. The van der Waals surface area contributed by atoms with E-state index in [9.17, 15) is 22.2 Å². The molecule has 0 bridgehead atoms. The van der Waals surface area contributed by atoms with E-state index in [-0.39, 0.29) is 6.29 Å². The second-order valence-corrected chi connectivity index (χ2v) is 5.34. The van der Waals surface area contributed by atoms with Gasteiger partial charge in [0.15, 0.2) is 12.0 Å². The highest BCUT2D eigenvalue weighted by molar-refractivity contribution is 9.10. The Hall–Kier alpha value is -1.15. The fourth-order valence-electron chi connectivity index (χ4n) is 1.15. The number of hydrogen-bond acceptors (Lipinski definition) is 3. The molecule has 8 heteroatoms. The molecule has 0 aliphatic carbocycles. The highest BCUT2D eigenvalue weighted by Gasteiger charge is 2.40. The monoisotopic (exact) mass is 356 g/mol. The molecule has 0 fully saturated rings. The van der Waals surface area contributed by atoms with Gasteiger partial charge in [0.2, 0.25) is 0 Å². The van der Waals surface area contributed by atoms with Crippen LogP contribution >= 0.6 is 15.9 Å². The second-order valence-electron chi connectivity index (χ2n) is 3.38. The van der Waals surface area contributed by atoms with Gasteiger partial charge in [-0.3, -0.25) is 4.79 Å². The number of hydrogen-bond donors (Lipinski definition) is 0. The van der Waals surface area contributed by atoms with Gasteiger partial charge in [-0.25, -0.2) is 4.21 Å². The molecule has 1 rings (SSSR count). The van der Waals surface area contributed by atoms with Crippen LogP contribution in [-0.2, 0) is 20.1 Å². The van der Waals surface area contributed by atoms with E-state index >= 15 is 0 Å². The summed E-state index contributed by atoms with van der Waals surface area (Å²) in [5.41, 5.74) is -3.84. The Bertz CT molecular complexity index is 540. The van der Waals surface area contributed by atoms with Crippen LogP contribution in [-0.4, -0.2) is 16.0 Å². The van der Waals surface area contributed by atoms with Gasteiger partial charge in [-0.05, 0) is 30.2 Å². The van der Waals surface area contributed by atoms with Crippen LogP contribution in [0.3, 0.4) is 0 Å². The molecular formula is C11H8BrF3O3S. The predicted molar refractivity (Wildman–Crippen MR) is 68.2 cm³/mol. The number of rotatable bonds is 4. The Morgan fingerprint density at radius 1 is 1.42 bits per heavy atom. The molecule has 0 radical (unpaired) electrons. The quantitative estimate of drug-likeness (QED) is 0.471. The summed E-state index contributed by atoms with van der Waals surface area (Å²) in [5.74, 6) is -0.656. The molecule has 104 valence electrons. The zero-order chi connectivity index (χ0) is 14.6. The molecule has 0 aliphatic rings. The molecule has 0 aromatic heterocycles. The van der Waals surface area contributed by atoms with Crippen molar-refractivity contribution in [3.63, 3.8) is 0 Å². The molecule has 1 aromatic carbocycles. The van der Waals surface area contributed by atoms with E-state index in [1.807, 2.05) is 0 Å². The normalized spacial score (nSPS) is 14.1. The van der Waals surface area contributed by atoms with Crippen molar-refractivity contribution >= 4 is 39.4 Å². The molecule has 0 spiro atoms. The first-order valence-corrected chi connectivity index (χ1v) is 6.71. The molecule has 0 saturated carbocycles. The van der Waals surface area contributed by atoms with Gasteiger partial charge >= 0.3 is 16.6 Å². The van der Waals surface area contributed by atoms with Gasteiger partial charge < -0.3 is 4.18 Å². The third-order valence-corrected chi connectivity index (χ3v) is 3.67. The molecule has 1 unspecified atom stereocenters. The Kier molecular flexibility index (Phi) is 5.30. The maximum Gasteiger partial charge on any atom is 0.508 e. The van der Waals surface area contributed by atoms with Crippen LogP contribution in [0.25, 0.3) is 6.08 Å². The van der Waals surface area contributed by atoms with Crippen molar-refractivity contribution in [2.24, 2.45) is 0 Å². The van der Waals surface area contributed by atoms with Crippen LogP contribution in [0.4, 0.5) is 13.2 Å². The Balaban J connectivity index is 3.04. The van der Waals surface area contributed by atoms with E-state index in [0.717, 1.165) is 10.5 Å². The molecule has 0 amide bonds. The third kappa shape index (κ3) is 4.46. The fourth-order valence-corrected chi connectivity index (χ4v) is 1.88. The number of allylic oxidation sites excluding steroid dienone is 1. The average Bonchev–Trinajstić information content (AvgIpc) is 2.32. The van der Waals surface area contributed by atoms with Gasteiger partial charge in [0.1, 0.15) is 0 Å². The first-order chi connectivity index (χ1) is 8.75. The molecule has 1 aromatic rings. The second kappa shape index (κ2) is 6.33. The maximum absolute atomic E-state index is 12.1. The minimum absolute atomic E-state index is 0.0734. The molecular weight excluding hydrogens is 349 g/mol. The van der Waals surface area contributed by atoms with Crippen LogP contribution in [0.2, 0.25) is 0 Å². The summed E-state index contributed by atoms with van der Waals surface area (Å²) in [6, 6.07) is 4.97. The summed E-state index contributed by atoms with van der Waals surface area (Å²) in [6.07, 6.45) is 1.17. The Labute approximate surface area is 118 Å². The number of aldehydes is 1. The summed E-state index contributed by atoms with van der Waals surface area (Å²) in [6.45, 7) is 1.71. The summed E-state index contributed by atoms with van der Waals surface area (Å²) >= 11 is -0.322. The molecule has 19 heavy (non-hydrogen) atoms. The van der Waals surface area contributed by atoms with Gasteiger partial charge in [-0.15, -0.1) is 0 Å². The van der Waals surface area contributed by atoms with Crippen molar-refractivity contribution in [3.8, 4) is 0 Å². The van der Waals surface area contributed by atoms with Gasteiger partial charge in [-0.2, -0.15) is 13.2 Å². The molecule has 1 atom stereocenters. The lowest BCUT2D eigenvalue weighted by molar-refractivity contribution is -0.106. The van der Waals surface area contributed by atoms with Crippen molar-refractivity contribution in [2.75, 3.05) is 0 Å². The van der Waals surface area contributed by atoms with Crippen LogP contribution in [0.1, 0.15) is 11.1 Å². The van der Waals surface area contributed by atoms with Crippen LogP contribution in [0.15, 0.2) is 28.4 Å². The highest BCUT2D eigenvalue weighted by atomic mass is 79.9. The standard InChI is InChI=1S/C11H8BrF3O3S/c1-7-8(3-2-4-10(7)12)5-9(6-16)18-19(17)11(13,14)15/h2-6H,1H3/b9-5+. The van der Waals surface area contributed by atoms with Gasteiger partial charge in [0.25, 0.3) is 0 Å². The maximum atomic E-state index is 12.1. The van der Waals surface area contributed by atoms with Crippen molar-refractivity contribution in [1.82, 2.24) is 0 Å². The lowest BCUT2D eigenvalue weighted by Crippen LogP contribution is -2.18. The summed E-state index contributed by atoms with van der Waals surface area (Å²) < 4.78 is 51.7. The molecule has 0 heterocycles. The Morgan fingerprint density at radius 2 is 2.05 bits per heavy atom. The zero-order valence-electron chi connectivity index (χ0n) is 9.53. The molecule has 0 aliphatic heterocycles. The zero-order valence-corrected chi connectivity index (χ0v) is 11.9. The van der Waals surface area contributed by atoms with Gasteiger partial charge in [0.05, 0.1) is 0 Å². The van der Waals surface area contributed by atoms with Crippen LogP contribution in [0, 0.1) is 6.92 Å². The van der Waals surface area contributed by atoms with E-state index in [1.54, 1.807) is 25.1 Å². The predicted octanol–water partition coefficient (Wildman–Crippen LogP) is 3.50. The molecule has 3 nitrogen and oxygen atoms in total. The van der Waals surface area contributed by atoms with Gasteiger partial charge in [0, 0.05) is 4.47 Å². The lowest BCUT2D eigenvalue weighted by atomic mass is 10.1. The van der Waals surface area contributed by atoms with E-state index in [4.69, 9.17) is 0 Å². The minimum Gasteiger partial charge on any atom is -0.391 e. The Morgan fingerprint density at radius 3 is 2.58 bits per heavy atom. The largest absolute Gasteiger partial charge is 0.508 e. The lowest BCUT2D eigenvalue weighted by Gasteiger charge is -2.08. The molecule has 0 N–H and O–H groups in total. The topological polar surface area (TPSA) is 43.4 Å². The van der Waals surface area contributed by atoms with Crippen molar-refractivity contribution in [3.05, 3.63) is 39.6 Å². The van der Waals surface area contributed by atoms with Crippen molar-refractivity contribution in [2.45, 2.75) is 12.4 Å². The van der Waals surface area contributed by atoms with E-state index in [0.29, 0.717) is 11.1 Å². The number of carbonyl (C=O) groups is 1. The number of carbonyl (C=O) groups excluding carboxylic acids is 1.